The fraction of sp³-hybridized carbons (Fsp3) is 0.250. The normalized spacial score (nSPS) is 13.0. The molecule has 1 aliphatic rings. The number of rotatable bonds is 5. The average molecular weight is 471 g/mol. The van der Waals surface area contributed by atoms with Gasteiger partial charge in [-0.2, -0.15) is 0 Å². The summed E-state index contributed by atoms with van der Waals surface area (Å²) in [7, 11) is 0. The number of ether oxygens (including phenoxy) is 1. The lowest BCUT2D eigenvalue weighted by Crippen LogP contribution is -2.18. The van der Waals surface area contributed by atoms with Gasteiger partial charge in [-0.3, -0.25) is 4.79 Å². The minimum atomic E-state index is -0.366. The van der Waals surface area contributed by atoms with Gasteiger partial charge in [0.05, 0.1) is 28.4 Å². The lowest BCUT2D eigenvalue weighted by Gasteiger charge is -2.14. The molecule has 0 atom stereocenters. The Morgan fingerprint density at radius 3 is 2.53 bits per heavy atom. The van der Waals surface area contributed by atoms with E-state index in [9.17, 15) is 9.59 Å². The van der Waals surface area contributed by atoms with Gasteiger partial charge >= 0.3 is 5.97 Å². The molecule has 6 heteroatoms. The van der Waals surface area contributed by atoms with Gasteiger partial charge < -0.3 is 10.1 Å². The molecule has 5 nitrogen and oxygen atoms in total. The number of carbonyl (C=O) groups excluding carboxylic acids is 2. The largest absolute Gasteiger partial charge is 0.459 e. The van der Waals surface area contributed by atoms with Gasteiger partial charge in [0.15, 0.2) is 0 Å². The molecule has 1 amide bonds. The van der Waals surface area contributed by atoms with E-state index in [4.69, 9.17) is 9.72 Å². The Morgan fingerprint density at radius 2 is 1.74 bits per heavy atom. The van der Waals surface area contributed by atoms with E-state index in [0.717, 1.165) is 53.4 Å². The van der Waals surface area contributed by atoms with Crippen LogP contribution < -0.4 is 5.32 Å². The number of amides is 1. The number of carbonyl (C=O) groups is 2. The van der Waals surface area contributed by atoms with Crippen molar-refractivity contribution in [1.82, 2.24) is 4.98 Å². The number of esters is 1. The van der Waals surface area contributed by atoms with Crippen molar-refractivity contribution in [1.29, 1.82) is 0 Å². The molecule has 0 aliphatic heterocycles. The summed E-state index contributed by atoms with van der Waals surface area (Å²) in [6.45, 7) is 3.67. The van der Waals surface area contributed by atoms with Gasteiger partial charge in [-0.1, -0.05) is 48.5 Å². The molecular weight excluding hydrogens is 444 g/mol. The predicted molar refractivity (Wildman–Crippen MR) is 137 cm³/mol. The molecule has 172 valence electrons. The van der Waals surface area contributed by atoms with Crippen LogP contribution in [0.1, 0.15) is 57.8 Å². The molecule has 4 aromatic rings. The monoisotopic (exact) mass is 470 g/mol. The third-order valence-corrected chi connectivity index (χ3v) is 7.18. The summed E-state index contributed by atoms with van der Waals surface area (Å²) in [4.78, 5) is 32.6. The number of hydrogen-bond donors (Lipinski definition) is 1. The van der Waals surface area contributed by atoms with Crippen LogP contribution in [0.3, 0.4) is 0 Å². The van der Waals surface area contributed by atoms with Crippen LogP contribution in [0.5, 0.6) is 0 Å². The van der Waals surface area contributed by atoms with Crippen molar-refractivity contribution < 1.29 is 14.3 Å². The third kappa shape index (κ3) is 4.33. The molecule has 0 saturated carbocycles. The van der Waals surface area contributed by atoms with Crippen molar-refractivity contribution in [3.8, 4) is 11.3 Å². The Hall–Kier alpha value is -3.51. The van der Waals surface area contributed by atoms with Gasteiger partial charge in [0.2, 0.25) is 0 Å². The molecule has 0 spiro atoms. The fourth-order valence-electron chi connectivity index (χ4n) is 4.43. The van der Waals surface area contributed by atoms with E-state index in [2.05, 4.69) is 5.32 Å². The molecule has 0 saturated heterocycles. The van der Waals surface area contributed by atoms with Gasteiger partial charge in [-0.15, -0.1) is 11.3 Å². The summed E-state index contributed by atoms with van der Waals surface area (Å²) in [5, 5.41) is 4.40. The zero-order valence-corrected chi connectivity index (χ0v) is 20.1. The average Bonchev–Trinajstić information content (AvgIpc) is 3.21. The van der Waals surface area contributed by atoms with Crippen molar-refractivity contribution in [3.63, 3.8) is 0 Å². The van der Waals surface area contributed by atoms with Crippen LogP contribution >= 0.6 is 11.3 Å². The molecule has 2 aromatic carbocycles. The number of hydrogen-bond acceptors (Lipinski definition) is 5. The Labute approximate surface area is 202 Å². The van der Waals surface area contributed by atoms with Crippen LogP contribution in [0.2, 0.25) is 0 Å². The quantitative estimate of drug-likeness (QED) is 0.331. The molecule has 0 fully saturated rings. The summed E-state index contributed by atoms with van der Waals surface area (Å²) >= 11 is 1.50. The predicted octanol–water partition coefficient (Wildman–Crippen LogP) is 6.66. The summed E-state index contributed by atoms with van der Waals surface area (Å²) in [5.74, 6) is -0.623. The van der Waals surface area contributed by atoms with E-state index in [-0.39, 0.29) is 18.0 Å². The maximum absolute atomic E-state index is 13.6. The number of thiophene rings is 1. The zero-order chi connectivity index (χ0) is 23.7. The second kappa shape index (κ2) is 9.39. The highest BCUT2D eigenvalue weighted by Gasteiger charge is 2.28. The molecule has 2 heterocycles. The van der Waals surface area contributed by atoms with Crippen LogP contribution in [0.4, 0.5) is 5.00 Å². The number of para-hydroxylation sites is 1. The summed E-state index contributed by atoms with van der Waals surface area (Å²) in [5.41, 5.74) is 4.49. The highest BCUT2D eigenvalue weighted by molar-refractivity contribution is 7.17. The van der Waals surface area contributed by atoms with E-state index in [0.29, 0.717) is 16.1 Å². The highest BCUT2D eigenvalue weighted by atomic mass is 32.1. The Kier molecular flexibility index (Phi) is 6.16. The van der Waals surface area contributed by atoms with Crippen LogP contribution in [0.15, 0.2) is 60.7 Å². The number of nitrogens with zero attached hydrogens (tertiary/aromatic N) is 1. The lowest BCUT2D eigenvalue weighted by molar-refractivity contribution is 0.0378. The zero-order valence-electron chi connectivity index (χ0n) is 19.3. The maximum Gasteiger partial charge on any atom is 0.341 e. The van der Waals surface area contributed by atoms with Crippen molar-refractivity contribution in [2.24, 2.45) is 0 Å². The van der Waals surface area contributed by atoms with Gasteiger partial charge in [-0.25, -0.2) is 9.78 Å². The standard InChI is InChI=1S/C28H26N2O3S/c1-17(2)33-28(32)25-20-13-7-9-15-24(20)34-27(25)30-26(31)21-16-23(18-10-4-3-5-11-18)29-22-14-8-6-12-19(21)22/h3-6,8,10-12,14,16-17H,7,9,13,15H2,1-2H3,(H,30,31). The van der Waals surface area contributed by atoms with Crippen molar-refractivity contribution in [2.45, 2.75) is 45.6 Å². The van der Waals surface area contributed by atoms with Gasteiger partial charge in [0.25, 0.3) is 5.91 Å². The van der Waals surface area contributed by atoms with Gasteiger partial charge in [0.1, 0.15) is 5.00 Å². The first-order valence-electron chi connectivity index (χ1n) is 11.6. The van der Waals surface area contributed by atoms with E-state index in [1.54, 1.807) is 0 Å². The minimum absolute atomic E-state index is 0.229. The van der Waals surface area contributed by atoms with Crippen molar-refractivity contribution in [2.75, 3.05) is 5.32 Å². The number of aromatic nitrogens is 1. The van der Waals surface area contributed by atoms with E-state index in [1.165, 1.54) is 16.2 Å². The molecule has 2 aromatic heterocycles. The van der Waals surface area contributed by atoms with Crippen LogP contribution in [0, 0.1) is 0 Å². The SMILES string of the molecule is CC(C)OC(=O)c1c(NC(=O)c2cc(-c3ccccc3)nc3ccccc23)sc2c1CCCC2. The van der Waals surface area contributed by atoms with Crippen LogP contribution in [-0.2, 0) is 17.6 Å². The van der Waals surface area contributed by atoms with Gasteiger partial charge in [-0.05, 0) is 57.2 Å². The molecule has 0 radical (unpaired) electrons. The van der Waals surface area contributed by atoms with E-state index < -0.39 is 0 Å². The number of aryl methyl sites for hydroxylation is 1. The molecular formula is C28H26N2O3S. The lowest BCUT2D eigenvalue weighted by atomic mass is 9.95. The molecule has 5 rings (SSSR count). The maximum atomic E-state index is 13.6. The first-order chi connectivity index (χ1) is 16.5. The van der Waals surface area contributed by atoms with Crippen LogP contribution in [-0.4, -0.2) is 23.0 Å². The Morgan fingerprint density at radius 1 is 1.00 bits per heavy atom. The fourth-order valence-corrected chi connectivity index (χ4v) is 5.71. The molecule has 0 unspecified atom stereocenters. The second-order valence-electron chi connectivity index (χ2n) is 8.76. The number of anilines is 1. The minimum Gasteiger partial charge on any atom is -0.459 e. The highest BCUT2D eigenvalue weighted by Crippen LogP contribution is 2.39. The summed E-state index contributed by atoms with van der Waals surface area (Å²) in [6.07, 6.45) is 3.66. The number of fused-ring (bicyclic) bond motifs is 2. The van der Waals surface area contributed by atoms with Crippen LogP contribution in [0.25, 0.3) is 22.2 Å². The van der Waals surface area contributed by atoms with Gasteiger partial charge in [0, 0.05) is 15.8 Å². The topological polar surface area (TPSA) is 68.3 Å². The number of nitrogens with one attached hydrogen (secondary N) is 1. The Bertz CT molecular complexity index is 1380. The Balaban J connectivity index is 1.57. The number of benzene rings is 2. The first kappa shape index (κ1) is 22.3. The molecule has 1 N–H and O–H groups in total. The van der Waals surface area contributed by atoms with Crippen molar-refractivity contribution >= 4 is 39.1 Å². The molecule has 0 bridgehead atoms. The smallest absolute Gasteiger partial charge is 0.341 e. The molecule has 34 heavy (non-hydrogen) atoms. The van der Waals surface area contributed by atoms with Crippen molar-refractivity contribution in [3.05, 3.63) is 82.2 Å². The number of pyridine rings is 1. The molecule has 1 aliphatic carbocycles. The first-order valence-corrected chi connectivity index (χ1v) is 12.4. The second-order valence-corrected chi connectivity index (χ2v) is 9.87. The summed E-state index contributed by atoms with van der Waals surface area (Å²) < 4.78 is 5.54. The summed E-state index contributed by atoms with van der Waals surface area (Å²) in [6, 6.07) is 19.3. The van der Waals surface area contributed by atoms with E-state index >= 15 is 0 Å². The third-order valence-electron chi connectivity index (χ3n) is 5.98. The van der Waals surface area contributed by atoms with E-state index in [1.807, 2.05) is 74.5 Å².